The fourth-order valence-electron chi connectivity index (χ4n) is 6.79. The molecule has 44 heavy (non-hydrogen) atoms. The summed E-state index contributed by atoms with van der Waals surface area (Å²) in [7, 11) is 0. The largest absolute Gasteiger partial charge is 0.483 e. The fourth-order valence-corrected chi connectivity index (χ4v) is 8.15. The van der Waals surface area contributed by atoms with Crippen molar-refractivity contribution in [1.29, 1.82) is 0 Å². The van der Waals surface area contributed by atoms with Crippen molar-refractivity contribution in [3.63, 3.8) is 0 Å². The van der Waals surface area contributed by atoms with E-state index in [0.29, 0.717) is 16.6 Å². The number of nitrogens with zero attached hydrogens (tertiary/aromatic N) is 4. The predicted molar refractivity (Wildman–Crippen MR) is 165 cm³/mol. The topological polar surface area (TPSA) is 100 Å². The number of benzene rings is 1. The van der Waals surface area contributed by atoms with Gasteiger partial charge in [0.1, 0.15) is 0 Å². The molecule has 3 aromatic heterocycles. The summed E-state index contributed by atoms with van der Waals surface area (Å²) in [6.07, 6.45) is 4.38. The van der Waals surface area contributed by atoms with Crippen LogP contribution in [-0.4, -0.2) is 57.2 Å². The molecule has 7 rings (SSSR count). The average Bonchev–Trinajstić information content (AvgIpc) is 3.58. The number of pyridine rings is 1. The number of thiophene rings is 1. The number of carbonyl (C=O) groups is 1. The third-order valence-corrected chi connectivity index (χ3v) is 10.1. The Labute approximate surface area is 260 Å². The Bertz CT molecular complexity index is 1750. The van der Waals surface area contributed by atoms with Gasteiger partial charge < -0.3 is 15.3 Å². The first-order valence-electron chi connectivity index (χ1n) is 14.5. The fraction of sp³-hybridized carbons (Fsp3) is 0.419. The van der Waals surface area contributed by atoms with E-state index in [-0.39, 0.29) is 18.6 Å². The number of hydrogen-bond donors (Lipinski definition) is 2. The van der Waals surface area contributed by atoms with Crippen molar-refractivity contribution in [2.45, 2.75) is 69.2 Å². The van der Waals surface area contributed by atoms with Gasteiger partial charge in [0, 0.05) is 63.6 Å². The van der Waals surface area contributed by atoms with Gasteiger partial charge in [-0.2, -0.15) is 18.3 Å². The summed E-state index contributed by atoms with van der Waals surface area (Å²) < 4.78 is 40.4. The van der Waals surface area contributed by atoms with Crippen molar-refractivity contribution in [3.8, 4) is 11.1 Å². The zero-order valence-corrected chi connectivity index (χ0v) is 25.3. The van der Waals surface area contributed by atoms with Crippen LogP contribution in [0.1, 0.15) is 48.1 Å². The minimum atomic E-state index is -4.39. The van der Waals surface area contributed by atoms with Gasteiger partial charge in [0.25, 0.3) is 12.0 Å². The number of rotatable bonds is 5. The Kier molecular flexibility index (Phi) is 8.42. The van der Waals surface area contributed by atoms with Crippen molar-refractivity contribution in [2.75, 3.05) is 18.0 Å². The highest BCUT2D eigenvalue weighted by Gasteiger charge is 2.45. The Morgan fingerprint density at radius 2 is 1.98 bits per heavy atom. The maximum atomic E-state index is 12.8. The molecule has 2 aliphatic heterocycles. The Balaban J connectivity index is 0.00000110. The molecule has 0 amide bonds. The minimum Gasteiger partial charge on any atom is -0.483 e. The first-order valence-corrected chi connectivity index (χ1v) is 15.7. The van der Waals surface area contributed by atoms with Gasteiger partial charge in [-0.1, -0.05) is 11.6 Å². The minimum absolute atomic E-state index is 0.144. The summed E-state index contributed by atoms with van der Waals surface area (Å²) in [6, 6.07) is 9.56. The van der Waals surface area contributed by atoms with E-state index >= 15 is 0 Å². The lowest BCUT2D eigenvalue weighted by molar-refractivity contribution is -0.127. The van der Waals surface area contributed by atoms with Gasteiger partial charge in [-0.3, -0.25) is 14.6 Å². The van der Waals surface area contributed by atoms with E-state index in [1.807, 2.05) is 12.1 Å². The van der Waals surface area contributed by atoms with Gasteiger partial charge in [0.2, 0.25) is 0 Å². The SMILES string of the molecule is O=CO.O=c1cc(CC(F)(F)F)cnn1Cc1cc2nccc(-c3cc(Cl)cc4c3N([C@@H]3CNC5(CCC5)C3)CCC4)c2s1. The first kappa shape index (κ1) is 30.5. The molecule has 13 heteroatoms. The van der Waals surface area contributed by atoms with E-state index in [1.165, 1.54) is 46.5 Å². The number of fused-ring (bicyclic) bond motifs is 2. The molecule has 1 atom stereocenters. The molecule has 0 bridgehead atoms. The lowest BCUT2D eigenvalue weighted by Crippen LogP contribution is -2.46. The van der Waals surface area contributed by atoms with Crippen LogP contribution in [-0.2, 0) is 24.2 Å². The van der Waals surface area contributed by atoms with Gasteiger partial charge in [-0.05, 0) is 73.9 Å². The number of aromatic nitrogens is 3. The van der Waals surface area contributed by atoms with Crippen LogP contribution in [0.15, 0.2) is 47.5 Å². The zero-order valence-electron chi connectivity index (χ0n) is 23.7. The number of carboxylic acid groups (broad SMARTS) is 1. The van der Waals surface area contributed by atoms with Gasteiger partial charge >= 0.3 is 6.18 Å². The molecule has 1 aromatic carbocycles. The van der Waals surface area contributed by atoms with Crippen LogP contribution in [0.5, 0.6) is 0 Å². The van der Waals surface area contributed by atoms with Crippen molar-refractivity contribution in [2.24, 2.45) is 0 Å². The average molecular weight is 646 g/mol. The molecule has 1 saturated carbocycles. The second-order valence-corrected chi connectivity index (χ2v) is 13.2. The van der Waals surface area contributed by atoms with Crippen LogP contribution >= 0.6 is 22.9 Å². The maximum absolute atomic E-state index is 12.8. The van der Waals surface area contributed by atoms with E-state index in [0.717, 1.165) is 70.8 Å². The molecule has 0 radical (unpaired) electrons. The molecular weight excluding hydrogens is 615 g/mol. The van der Waals surface area contributed by atoms with E-state index < -0.39 is 18.2 Å². The van der Waals surface area contributed by atoms with Gasteiger partial charge in [-0.15, -0.1) is 11.3 Å². The smallest absolute Gasteiger partial charge is 0.393 e. The molecule has 1 saturated heterocycles. The molecule has 0 unspecified atom stereocenters. The third kappa shape index (κ3) is 6.20. The Morgan fingerprint density at radius 1 is 1.18 bits per heavy atom. The van der Waals surface area contributed by atoms with Crippen LogP contribution in [0.4, 0.5) is 18.9 Å². The quantitative estimate of drug-likeness (QED) is 0.254. The lowest BCUT2D eigenvalue weighted by Gasteiger charge is -2.41. The number of hydrogen-bond acceptors (Lipinski definition) is 7. The normalized spacial score (nSPS) is 18.9. The second kappa shape index (κ2) is 12.1. The van der Waals surface area contributed by atoms with Gasteiger partial charge in [0.15, 0.2) is 0 Å². The number of anilines is 1. The summed E-state index contributed by atoms with van der Waals surface area (Å²) in [5, 5.41) is 15.4. The summed E-state index contributed by atoms with van der Waals surface area (Å²) in [4.78, 5) is 29.0. The van der Waals surface area contributed by atoms with Gasteiger partial charge in [0.05, 0.1) is 29.4 Å². The summed E-state index contributed by atoms with van der Waals surface area (Å²) in [5.41, 5.74) is 5.06. The molecule has 3 aliphatic rings. The third-order valence-electron chi connectivity index (χ3n) is 8.77. The standard InChI is InChI=1S/C30H29ClF3N5OS.CH2O2/c31-20-10-19-3-1-8-38(21-14-29(36-16-21)5-2-6-29)27(19)24(11-20)23-4-7-35-25-12-22(41-28(23)25)17-39-26(40)9-18(15-37-39)13-30(32,33)34;2-1-3/h4,7,9-12,15,21,36H,1-3,5-6,8,13-14,16-17H2;1H,(H,2,3)/t21-;/m0./s1. The Hall–Kier alpha value is -3.48. The number of aryl methyl sites for hydroxylation is 1. The molecule has 1 aliphatic carbocycles. The van der Waals surface area contributed by atoms with E-state index in [4.69, 9.17) is 21.5 Å². The Morgan fingerprint density at radius 3 is 2.66 bits per heavy atom. The van der Waals surface area contributed by atoms with Crippen molar-refractivity contribution >= 4 is 45.3 Å². The highest BCUT2D eigenvalue weighted by Crippen LogP contribution is 2.47. The molecule has 1 spiro atoms. The summed E-state index contributed by atoms with van der Waals surface area (Å²) in [6.45, 7) is 1.90. The van der Waals surface area contributed by atoms with Crippen LogP contribution in [0, 0.1) is 0 Å². The number of alkyl halides is 3. The second-order valence-electron chi connectivity index (χ2n) is 11.7. The van der Waals surface area contributed by atoms with Crippen LogP contribution in [0.25, 0.3) is 21.3 Å². The molecule has 4 aromatic rings. The van der Waals surface area contributed by atoms with E-state index in [2.05, 4.69) is 32.4 Å². The van der Waals surface area contributed by atoms with E-state index in [1.54, 1.807) is 6.20 Å². The molecule has 232 valence electrons. The van der Waals surface area contributed by atoms with Gasteiger partial charge in [-0.25, -0.2) is 4.68 Å². The maximum Gasteiger partial charge on any atom is 0.393 e. The molecule has 8 nitrogen and oxygen atoms in total. The summed E-state index contributed by atoms with van der Waals surface area (Å²) >= 11 is 8.21. The van der Waals surface area contributed by atoms with Crippen molar-refractivity contribution in [3.05, 3.63) is 74.1 Å². The predicted octanol–water partition coefficient (Wildman–Crippen LogP) is 6.06. The highest BCUT2D eigenvalue weighted by atomic mass is 35.5. The number of nitrogens with one attached hydrogen (secondary N) is 1. The zero-order chi connectivity index (χ0) is 31.1. The molecule has 2 fully saturated rings. The van der Waals surface area contributed by atoms with Crippen molar-refractivity contribution < 1.29 is 23.1 Å². The summed E-state index contributed by atoms with van der Waals surface area (Å²) in [5.74, 6) is 0. The highest BCUT2D eigenvalue weighted by molar-refractivity contribution is 7.19. The number of halogens is 4. The van der Waals surface area contributed by atoms with Crippen LogP contribution in [0.3, 0.4) is 0 Å². The molecule has 5 heterocycles. The monoisotopic (exact) mass is 645 g/mol. The first-order chi connectivity index (χ1) is 21.1. The molecular formula is C31H31ClF3N5O3S. The lowest BCUT2D eigenvalue weighted by atomic mass is 9.75. The van der Waals surface area contributed by atoms with Crippen LogP contribution < -0.4 is 15.8 Å². The van der Waals surface area contributed by atoms with E-state index in [9.17, 15) is 18.0 Å². The van der Waals surface area contributed by atoms with Crippen molar-refractivity contribution in [1.82, 2.24) is 20.1 Å². The molecule has 2 N–H and O–H groups in total. The van der Waals surface area contributed by atoms with Crippen LogP contribution in [0.2, 0.25) is 5.02 Å².